The number of rotatable bonds is 5. The van der Waals surface area contributed by atoms with Crippen LogP contribution in [0.2, 0.25) is 0 Å². The predicted octanol–water partition coefficient (Wildman–Crippen LogP) is 2.13. The number of carbonyl (C=O) groups is 1. The number of nitrogens with one attached hydrogen (secondary N) is 2. The van der Waals surface area contributed by atoms with Crippen LogP contribution in [0.1, 0.15) is 18.9 Å². The van der Waals surface area contributed by atoms with Crippen molar-refractivity contribution in [3.63, 3.8) is 0 Å². The van der Waals surface area contributed by atoms with Gasteiger partial charge < -0.3 is 20.1 Å². The van der Waals surface area contributed by atoms with Crippen LogP contribution in [0.25, 0.3) is 0 Å². The molecule has 1 heterocycles. The second-order valence-corrected chi connectivity index (χ2v) is 4.91. The number of anilines is 1. The number of hydrogen-bond donors (Lipinski definition) is 2. The summed E-state index contributed by atoms with van der Waals surface area (Å²) in [5.74, 6) is 0.687. The molecule has 2 N–H and O–H groups in total. The van der Waals surface area contributed by atoms with Gasteiger partial charge in [0.2, 0.25) is 5.91 Å². The van der Waals surface area contributed by atoms with Gasteiger partial charge in [-0.1, -0.05) is 6.07 Å². The molecule has 0 saturated carbocycles. The molecular weight excluding hydrogens is 292 g/mol. The topological polar surface area (TPSA) is 59.6 Å². The molecule has 0 aliphatic carbocycles. The molecule has 1 aliphatic heterocycles. The molecule has 1 atom stereocenters. The van der Waals surface area contributed by atoms with Crippen molar-refractivity contribution in [1.29, 1.82) is 0 Å². The molecule has 1 fully saturated rings. The molecule has 21 heavy (non-hydrogen) atoms. The average Bonchev–Trinajstić information content (AvgIpc) is 2.43. The van der Waals surface area contributed by atoms with E-state index in [9.17, 15) is 4.79 Å². The van der Waals surface area contributed by atoms with Crippen LogP contribution in [0, 0.1) is 6.92 Å². The second-order valence-electron chi connectivity index (χ2n) is 4.91. The minimum absolute atomic E-state index is 0. The Morgan fingerprint density at radius 3 is 3.00 bits per heavy atom. The molecular formula is C15H23ClN2O3. The number of aryl methyl sites for hydroxylation is 1. The molecule has 0 aromatic heterocycles. The van der Waals surface area contributed by atoms with Crippen molar-refractivity contribution in [2.45, 2.75) is 26.3 Å². The summed E-state index contributed by atoms with van der Waals surface area (Å²) in [6, 6.07) is 5.86. The predicted molar refractivity (Wildman–Crippen MR) is 85.5 cm³/mol. The zero-order valence-electron chi connectivity index (χ0n) is 12.5. The van der Waals surface area contributed by atoms with Crippen LogP contribution in [-0.4, -0.2) is 38.3 Å². The van der Waals surface area contributed by atoms with Crippen molar-refractivity contribution in [2.75, 3.05) is 31.7 Å². The Hall–Kier alpha value is -1.30. The molecule has 1 saturated heterocycles. The Bertz CT molecular complexity index is 462. The first kappa shape index (κ1) is 17.8. The first-order chi connectivity index (χ1) is 9.69. The van der Waals surface area contributed by atoms with E-state index in [0.29, 0.717) is 32.0 Å². The Morgan fingerprint density at radius 1 is 1.52 bits per heavy atom. The zero-order chi connectivity index (χ0) is 14.4. The van der Waals surface area contributed by atoms with Gasteiger partial charge in [0, 0.05) is 19.0 Å². The standard InChI is InChI=1S/C15H22N2O3.ClH/c1-3-20-14-8-11(2)4-5-13(14)17-15(18)9-12-10-19-7-6-16-12;/h4-5,8,12,16H,3,6-7,9-10H2,1-2H3,(H,17,18);1H. The smallest absolute Gasteiger partial charge is 0.226 e. The van der Waals surface area contributed by atoms with Crippen molar-refractivity contribution < 1.29 is 14.3 Å². The normalized spacial score (nSPS) is 17.7. The summed E-state index contributed by atoms with van der Waals surface area (Å²) < 4.78 is 10.9. The van der Waals surface area contributed by atoms with Crippen LogP contribution >= 0.6 is 12.4 Å². The third-order valence-corrected chi connectivity index (χ3v) is 3.14. The summed E-state index contributed by atoms with van der Waals surface area (Å²) in [6.45, 7) is 6.59. The summed E-state index contributed by atoms with van der Waals surface area (Å²) in [5.41, 5.74) is 1.83. The van der Waals surface area contributed by atoms with Gasteiger partial charge >= 0.3 is 0 Å². The van der Waals surface area contributed by atoms with Gasteiger partial charge in [-0.2, -0.15) is 0 Å². The second kappa shape index (κ2) is 8.87. The minimum Gasteiger partial charge on any atom is -0.492 e. The number of hydrogen-bond acceptors (Lipinski definition) is 4. The Morgan fingerprint density at radius 2 is 2.33 bits per heavy atom. The highest BCUT2D eigenvalue weighted by Gasteiger charge is 2.17. The van der Waals surface area contributed by atoms with Gasteiger partial charge in [0.25, 0.3) is 0 Å². The highest BCUT2D eigenvalue weighted by molar-refractivity contribution is 5.92. The molecule has 1 aliphatic rings. The van der Waals surface area contributed by atoms with E-state index in [1.54, 1.807) is 0 Å². The summed E-state index contributed by atoms with van der Waals surface area (Å²) in [6.07, 6.45) is 0.402. The molecule has 2 rings (SSSR count). The number of halogens is 1. The number of benzene rings is 1. The van der Waals surface area contributed by atoms with E-state index >= 15 is 0 Å². The largest absolute Gasteiger partial charge is 0.492 e. The average molecular weight is 315 g/mol. The third kappa shape index (κ3) is 5.53. The van der Waals surface area contributed by atoms with Crippen molar-refractivity contribution in [1.82, 2.24) is 5.32 Å². The van der Waals surface area contributed by atoms with E-state index in [1.807, 2.05) is 32.0 Å². The summed E-state index contributed by atoms with van der Waals surface area (Å²) in [5, 5.41) is 6.18. The molecule has 0 radical (unpaired) electrons. The van der Waals surface area contributed by atoms with Crippen LogP contribution in [0.5, 0.6) is 5.75 Å². The Labute approximate surface area is 131 Å². The molecule has 1 aromatic rings. The molecule has 5 nitrogen and oxygen atoms in total. The minimum atomic E-state index is -0.0298. The van der Waals surface area contributed by atoms with E-state index in [4.69, 9.17) is 9.47 Å². The lowest BCUT2D eigenvalue weighted by Gasteiger charge is -2.23. The van der Waals surface area contributed by atoms with E-state index in [0.717, 1.165) is 17.8 Å². The number of amides is 1. The number of ether oxygens (including phenoxy) is 2. The highest BCUT2D eigenvalue weighted by atomic mass is 35.5. The third-order valence-electron chi connectivity index (χ3n) is 3.14. The number of morpholine rings is 1. The fraction of sp³-hybridized carbons (Fsp3) is 0.533. The summed E-state index contributed by atoms with van der Waals surface area (Å²) in [7, 11) is 0. The Kier molecular flexibility index (Phi) is 7.50. The maximum atomic E-state index is 12.1. The monoisotopic (exact) mass is 314 g/mol. The summed E-state index contributed by atoms with van der Waals surface area (Å²) >= 11 is 0. The summed E-state index contributed by atoms with van der Waals surface area (Å²) in [4.78, 5) is 12.1. The SMILES string of the molecule is CCOc1cc(C)ccc1NC(=O)CC1COCCN1.Cl. The Balaban J connectivity index is 0.00000220. The quantitative estimate of drug-likeness (QED) is 0.874. The van der Waals surface area contributed by atoms with Crippen LogP contribution in [-0.2, 0) is 9.53 Å². The van der Waals surface area contributed by atoms with Gasteiger partial charge in [0.15, 0.2) is 0 Å². The van der Waals surface area contributed by atoms with Crippen molar-refractivity contribution >= 4 is 24.0 Å². The lowest BCUT2D eigenvalue weighted by Crippen LogP contribution is -2.43. The van der Waals surface area contributed by atoms with E-state index in [1.165, 1.54) is 0 Å². The van der Waals surface area contributed by atoms with E-state index in [2.05, 4.69) is 10.6 Å². The molecule has 1 unspecified atom stereocenters. The van der Waals surface area contributed by atoms with Crippen LogP contribution in [0.3, 0.4) is 0 Å². The van der Waals surface area contributed by atoms with Gasteiger partial charge in [-0.3, -0.25) is 4.79 Å². The van der Waals surface area contributed by atoms with Gasteiger partial charge in [0.05, 0.1) is 25.5 Å². The molecule has 1 aromatic carbocycles. The lowest BCUT2D eigenvalue weighted by atomic mass is 10.1. The van der Waals surface area contributed by atoms with Crippen LogP contribution in [0.15, 0.2) is 18.2 Å². The zero-order valence-corrected chi connectivity index (χ0v) is 13.3. The van der Waals surface area contributed by atoms with E-state index in [-0.39, 0.29) is 24.4 Å². The number of carbonyl (C=O) groups excluding carboxylic acids is 1. The van der Waals surface area contributed by atoms with Crippen LogP contribution < -0.4 is 15.4 Å². The fourth-order valence-electron chi connectivity index (χ4n) is 2.18. The highest BCUT2D eigenvalue weighted by Crippen LogP contribution is 2.26. The maximum absolute atomic E-state index is 12.1. The first-order valence-corrected chi connectivity index (χ1v) is 7.03. The molecule has 6 heteroatoms. The van der Waals surface area contributed by atoms with E-state index < -0.39 is 0 Å². The fourth-order valence-corrected chi connectivity index (χ4v) is 2.18. The van der Waals surface area contributed by atoms with Crippen molar-refractivity contribution in [3.8, 4) is 5.75 Å². The van der Waals surface area contributed by atoms with Gasteiger partial charge in [0.1, 0.15) is 5.75 Å². The van der Waals surface area contributed by atoms with Crippen LogP contribution in [0.4, 0.5) is 5.69 Å². The lowest BCUT2D eigenvalue weighted by molar-refractivity contribution is -0.117. The molecule has 0 spiro atoms. The molecule has 1 amide bonds. The first-order valence-electron chi connectivity index (χ1n) is 7.03. The molecule has 0 bridgehead atoms. The van der Waals surface area contributed by atoms with Crippen molar-refractivity contribution in [3.05, 3.63) is 23.8 Å². The van der Waals surface area contributed by atoms with Gasteiger partial charge in [-0.25, -0.2) is 0 Å². The molecule has 118 valence electrons. The van der Waals surface area contributed by atoms with Gasteiger partial charge in [-0.15, -0.1) is 12.4 Å². The maximum Gasteiger partial charge on any atom is 0.226 e. The van der Waals surface area contributed by atoms with Crippen molar-refractivity contribution in [2.24, 2.45) is 0 Å². The van der Waals surface area contributed by atoms with Gasteiger partial charge in [-0.05, 0) is 31.5 Å².